The van der Waals surface area contributed by atoms with Gasteiger partial charge in [0.15, 0.2) is 0 Å². The van der Waals surface area contributed by atoms with Gasteiger partial charge in [-0.15, -0.1) is 0 Å². The maximum Gasteiger partial charge on any atom is 0.274 e. The van der Waals surface area contributed by atoms with Crippen molar-refractivity contribution in [3.05, 3.63) is 54.4 Å². The van der Waals surface area contributed by atoms with Crippen LogP contribution in [0.25, 0.3) is 0 Å². The summed E-state index contributed by atoms with van der Waals surface area (Å²) in [6.45, 7) is 1.62. The molecule has 0 radical (unpaired) electrons. The maximum atomic E-state index is 12.7. The van der Waals surface area contributed by atoms with Crippen molar-refractivity contribution in [2.75, 3.05) is 13.2 Å². The third-order valence-electron chi connectivity index (χ3n) is 4.79. The topological polar surface area (TPSA) is 77.4 Å². The summed E-state index contributed by atoms with van der Waals surface area (Å²) in [5.41, 5.74) is 1.46. The molecule has 1 saturated carbocycles. The lowest BCUT2D eigenvalue weighted by atomic mass is 10.1. The van der Waals surface area contributed by atoms with Crippen LogP contribution in [0.1, 0.15) is 28.9 Å². The Morgan fingerprint density at radius 3 is 2.88 bits per heavy atom. The molecule has 0 unspecified atom stereocenters. The Labute approximate surface area is 146 Å². The number of fused-ring (bicyclic) bond motifs is 1. The summed E-state index contributed by atoms with van der Waals surface area (Å²) in [5.74, 6) is -0.0822. The first-order valence-electron chi connectivity index (χ1n) is 8.52. The molecule has 3 atom stereocenters. The van der Waals surface area contributed by atoms with Crippen molar-refractivity contribution >= 4 is 5.91 Å². The number of carbonyl (C=O) groups is 1. The summed E-state index contributed by atoms with van der Waals surface area (Å²) in [6, 6.07) is 3.92. The normalized spacial score (nSPS) is 25.6. The van der Waals surface area contributed by atoms with E-state index in [0.717, 1.165) is 18.4 Å². The van der Waals surface area contributed by atoms with Crippen molar-refractivity contribution in [3.63, 3.8) is 0 Å². The number of hydrogen-bond donors (Lipinski definition) is 0. The highest BCUT2D eigenvalue weighted by atomic mass is 16.5. The van der Waals surface area contributed by atoms with Gasteiger partial charge in [-0.3, -0.25) is 14.8 Å². The number of ether oxygens (including phenoxy) is 2. The lowest BCUT2D eigenvalue weighted by Crippen LogP contribution is -2.54. The molecule has 0 N–H and O–H groups in total. The number of nitrogens with zero attached hydrogens (tertiary/aromatic N) is 4. The van der Waals surface area contributed by atoms with Crippen molar-refractivity contribution < 1.29 is 14.3 Å². The first-order chi connectivity index (χ1) is 12.3. The van der Waals surface area contributed by atoms with Gasteiger partial charge in [0.25, 0.3) is 5.91 Å². The summed E-state index contributed by atoms with van der Waals surface area (Å²) < 4.78 is 12.0. The molecule has 1 amide bonds. The van der Waals surface area contributed by atoms with E-state index in [9.17, 15) is 4.79 Å². The number of aromatic nitrogens is 3. The smallest absolute Gasteiger partial charge is 0.274 e. The van der Waals surface area contributed by atoms with E-state index >= 15 is 0 Å². The average Bonchev–Trinajstić information content (AvgIpc) is 3.10. The van der Waals surface area contributed by atoms with Gasteiger partial charge >= 0.3 is 0 Å². The van der Waals surface area contributed by atoms with Gasteiger partial charge in [-0.1, -0.05) is 0 Å². The fraction of sp³-hybridized carbons (Fsp3) is 0.444. The fourth-order valence-corrected chi connectivity index (χ4v) is 3.59. The van der Waals surface area contributed by atoms with Crippen LogP contribution in [0.5, 0.6) is 0 Å². The van der Waals surface area contributed by atoms with E-state index in [2.05, 4.69) is 15.0 Å². The first kappa shape index (κ1) is 16.1. The van der Waals surface area contributed by atoms with Crippen molar-refractivity contribution in [1.29, 1.82) is 0 Å². The largest absolute Gasteiger partial charge is 0.372 e. The Morgan fingerprint density at radius 2 is 2.08 bits per heavy atom. The molecule has 25 heavy (non-hydrogen) atoms. The molecule has 2 aromatic heterocycles. The van der Waals surface area contributed by atoms with E-state index in [-0.39, 0.29) is 24.2 Å². The molecular weight excluding hydrogens is 320 g/mol. The first-order valence-corrected chi connectivity index (χ1v) is 8.52. The van der Waals surface area contributed by atoms with E-state index in [4.69, 9.17) is 9.47 Å². The Bertz CT molecular complexity index is 713. The van der Waals surface area contributed by atoms with Gasteiger partial charge in [0, 0.05) is 31.3 Å². The molecule has 1 aliphatic heterocycles. The van der Waals surface area contributed by atoms with Crippen LogP contribution in [-0.2, 0) is 16.1 Å². The minimum absolute atomic E-state index is 0.00405. The van der Waals surface area contributed by atoms with Crippen molar-refractivity contribution in [1.82, 2.24) is 19.9 Å². The van der Waals surface area contributed by atoms with Crippen LogP contribution >= 0.6 is 0 Å². The van der Waals surface area contributed by atoms with E-state index in [1.54, 1.807) is 24.8 Å². The zero-order valence-electron chi connectivity index (χ0n) is 13.8. The number of pyridine rings is 1. The highest BCUT2D eigenvalue weighted by Gasteiger charge is 2.45. The van der Waals surface area contributed by atoms with Crippen molar-refractivity contribution in [2.45, 2.75) is 37.7 Å². The SMILES string of the molecule is O=C(c1cnccn1)N1CCO[C@H]2[C@H](OCc3ccncc3)CC[C@@H]21. The number of morpholine rings is 1. The second-order valence-electron chi connectivity index (χ2n) is 6.27. The van der Waals surface area contributed by atoms with Crippen LogP contribution in [0.15, 0.2) is 43.1 Å². The molecule has 7 nitrogen and oxygen atoms in total. The standard InChI is InChI=1S/C18H20N4O3/c23-18(14-11-20-7-8-21-14)22-9-10-24-17-15(22)1-2-16(17)25-12-13-3-5-19-6-4-13/h3-8,11,15-17H,1-2,9-10,12H2/t15-,16+,17+/m0/s1. The van der Waals surface area contributed by atoms with E-state index in [0.29, 0.717) is 25.5 Å². The van der Waals surface area contributed by atoms with E-state index in [1.807, 2.05) is 17.0 Å². The second-order valence-corrected chi connectivity index (χ2v) is 6.27. The lowest BCUT2D eigenvalue weighted by Gasteiger charge is -2.38. The molecule has 2 aliphatic rings. The molecule has 2 fully saturated rings. The van der Waals surface area contributed by atoms with Crippen LogP contribution in [0, 0.1) is 0 Å². The zero-order chi connectivity index (χ0) is 17.1. The van der Waals surface area contributed by atoms with Crippen LogP contribution < -0.4 is 0 Å². The highest BCUT2D eigenvalue weighted by Crippen LogP contribution is 2.33. The van der Waals surface area contributed by atoms with Crippen LogP contribution in [0.3, 0.4) is 0 Å². The van der Waals surface area contributed by atoms with Crippen molar-refractivity contribution in [3.8, 4) is 0 Å². The third kappa shape index (κ3) is 3.38. The van der Waals surface area contributed by atoms with Gasteiger partial charge in [0.1, 0.15) is 11.8 Å². The summed E-state index contributed by atoms with van der Waals surface area (Å²) in [4.78, 5) is 26.8. The molecule has 130 valence electrons. The monoisotopic (exact) mass is 340 g/mol. The molecule has 7 heteroatoms. The van der Waals surface area contributed by atoms with E-state index < -0.39 is 0 Å². The Kier molecular flexibility index (Phi) is 4.67. The van der Waals surface area contributed by atoms with Gasteiger partial charge < -0.3 is 14.4 Å². The highest BCUT2D eigenvalue weighted by molar-refractivity contribution is 5.92. The number of amides is 1. The molecule has 1 aliphatic carbocycles. The quantitative estimate of drug-likeness (QED) is 0.839. The van der Waals surface area contributed by atoms with Gasteiger partial charge in [-0.2, -0.15) is 0 Å². The van der Waals surface area contributed by atoms with Crippen LogP contribution in [0.4, 0.5) is 0 Å². The molecule has 0 bridgehead atoms. The molecule has 4 rings (SSSR count). The number of carbonyl (C=O) groups excluding carboxylic acids is 1. The number of hydrogen-bond acceptors (Lipinski definition) is 6. The average molecular weight is 340 g/mol. The minimum atomic E-state index is -0.0868. The predicted molar refractivity (Wildman–Crippen MR) is 88.6 cm³/mol. The fourth-order valence-electron chi connectivity index (χ4n) is 3.59. The Balaban J connectivity index is 1.42. The van der Waals surface area contributed by atoms with Crippen molar-refractivity contribution in [2.24, 2.45) is 0 Å². The van der Waals surface area contributed by atoms with E-state index in [1.165, 1.54) is 6.20 Å². The summed E-state index contributed by atoms with van der Waals surface area (Å²) in [5, 5.41) is 0. The molecule has 0 spiro atoms. The van der Waals surface area contributed by atoms with Gasteiger partial charge in [0.2, 0.25) is 0 Å². The molecule has 0 aromatic carbocycles. The minimum Gasteiger partial charge on any atom is -0.372 e. The van der Waals surface area contributed by atoms with Gasteiger partial charge in [-0.25, -0.2) is 4.98 Å². The predicted octanol–water partition coefficient (Wildman–Crippen LogP) is 1.46. The Morgan fingerprint density at radius 1 is 1.20 bits per heavy atom. The zero-order valence-corrected chi connectivity index (χ0v) is 13.8. The molecule has 1 saturated heterocycles. The van der Waals surface area contributed by atoms with Crippen LogP contribution in [-0.4, -0.2) is 57.2 Å². The lowest BCUT2D eigenvalue weighted by molar-refractivity contribution is -0.108. The molecular formula is C18H20N4O3. The summed E-state index contributed by atoms with van der Waals surface area (Å²) in [7, 11) is 0. The second kappa shape index (κ2) is 7.25. The maximum absolute atomic E-state index is 12.7. The van der Waals surface area contributed by atoms with Gasteiger partial charge in [-0.05, 0) is 30.5 Å². The summed E-state index contributed by atoms with van der Waals surface area (Å²) >= 11 is 0. The third-order valence-corrected chi connectivity index (χ3v) is 4.79. The molecule has 2 aromatic rings. The number of rotatable bonds is 4. The summed E-state index contributed by atoms with van der Waals surface area (Å²) in [6.07, 6.45) is 9.80. The van der Waals surface area contributed by atoms with Crippen LogP contribution in [0.2, 0.25) is 0 Å². The Hall–Kier alpha value is -2.38. The van der Waals surface area contributed by atoms with Gasteiger partial charge in [0.05, 0.1) is 31.6 Å². The molecule has 3 heterocycles.